The molecule has 1 atom stereocenters. The van der Waals surface area contributed by atoms with E-state index in [0.29, 0.717) is 18.8 Å². The zero-order chi connectivity index (χ0) is 21.5. The summed E-state index contributed by atoms with van der Waals surface area (Å²) in [5.74, 6) is 0.563. The van der Waals surface area contributed by atoms with Gasteiger partial charge in [0.2, 0.25) is 5.91 Å². The number of likely N-dealkylation sites (tertiary alicyclic amines) is 1. The van der Waals surface area contributed by atoms with Crippen LogP contribution in [0.3, 0.4) is 0 Å². The highest BCUT2D eigenvalue weighted by atomic mass is 19.4. The zero-order valence-corrected chi connectivity index (χ0v) is 16.6. The van der Waals surface area contributed by atoms with Gasteiger partial charge in [0, 0.05) is 48.6 Å². The maximum Gasteiger partial charge on any atom is 0.435 e. The minimum atomic E-state index is -4.53. The van der Waals surface area contributed by atoms with E-state index in [0.717, 1.165) is 34.3 Å². The number of aromatic nitrogens is 5. The van der Waals surface area contributed by atoms with Crippen molar-refractivity contribution in [1.82, 2.24) is 29.2 Å². The number of imidazole rings is 1. The third-order valence-electron chi connectivity index (χ3n) is 5.36. The summed E-state index contributed by atoms with van der Waals surface area (Å²) >= 11 is 0. The van der Waals surface area contributed by atoms with Gasteiger partial charge >= 0.3 is 6.18 Å². The monoisotopic (exact) mass is 418 g/mol. The molecule has 4 heterocycles. The van der Waals surface area contributed by atoms with Crippen molar-refractivity contribution in [3.8, 4) is 11.4 Å². The zero-order valence-electron chi connectivity index (χ0n) is 16.6. The van der Waals surface area contributed by atoms with Crippen molar-refractivity contribution in [2.24, 2.45) is 0 Å². The SMILES string of the molecule is Cc1cc(C(F)(F)F)nn1CC(=O)N1CC[C@H](n2c(C)cnc2-c2ccncc2)C1. The summed E-state index contributed by atoms with van der Waals surface area (Å²) in [5.41, 5.74) is 1.24. The van der Waals surface area contributed by atoms with E-state index in [4.69, 9.17) is 0 Å². The van der Waals surface area contributed by atoms with Gasteiger partial charge in [-0.2, -0.15) is 18.3 Å². The lowest BCUT2D eigenvalue weighted by Crippen LogP contribution is -2.33. The second-order valence-electron chi connectivity index (χ2n) is 7.44. The summed E-state index contributed by atoms with van der Waals surface area (Å²) in [6.07, 6.45) is 1.42. The molecule has 0 saturated carbocycles. The fraction of sp³-hybridized carbons (Fsp3) is 0.400. The molecule has 4 rings (SSSR count). The van der Waals surface area contributed by atoms with Crippen molar-refractivity contribution >= 4 is 5.91 Å². The molecule has 1 saturated heterocycles. The number of pyridine rings is 1. The Bertz CT molecular complexity index is 1060. The molecule has 0 aromatic carbocycles. The quantitative estimate of drug-likeness (QED) is 0.652. The molecule has 1 amide bonds. The summed E-state index contributed by atoms with van der Waals surface area (Å²) in [5, 5.41) is 3.55. The average Bonchev–Trinajstić information content (AvgIpc) is 3.41. The summed E-state index contributed by atoms with van der Waals surface area (Å²) in [6, 6.07) is 4.77. The van der Waals surface area contributed by atoms with Crippen molar-refractivity contribution in [1.29, 1.82) is 0 Å². The van der Waals surface area contributed by atoms with Gasteiger partial charge in [0.15, 0.2) is 5.69 Å². The molecule has 0 radical (unpaired) electrons. The van der Waals surface area contributed by atoms with Gasteiger partial charge in [-0.3, -0.25) is 14.5 Å². The van der Waals surface area contributed by atoms with Crippen molar-refractivity contribution in [2.45, 2.75) is 39.0 Å². The van der Waals surface area contributed by atoms with Gasteiger partial charge in [0.25, 0.3) is 0 Å². The van der Waals surface area contributed by atoms with Crippen LogP contribution in [-0.4, -0.2) is 48.2 Å². The molecule has 0 spiro atoms. The van der Waals surface area contributed by atoms with E-state index in [1.807, 2.05) is 19.1 Å². The molecule has 0 bridgehead atoms. The number of carbonyl (C=O) groups is 1. The molecule has 0 unspecified atom stereocenters. The summed E-state index contributed by atoms with van der Waals surface area (Å²) < 4.78 is 41.8. The van der Waals surface area contributed by atoms with Crippen LogP contribution < -0.4 is 0 Å². The predicted molar refractivity (Wildman–Crippen MR) is 102 cm³/mol. The molecule has 0 N–H and O–H groups in total. The lowest BCUT2D eigenvalue weighted by Gasteiger charge is -2.20. The minimum Gasteiger partial charge on any atom is -0.339 e. The van der Waals surface area contributed by atoms with Gasteiger partial charge in [0.05, 0.1) is 6.04 Å². The van der Waals surface area contributed by atoms with Crippen LogP contribution in [0.2, 0.25) is 0 Å². The third-order valence-corrected chi connectivity index (χ3v) is 5.36. The fourth-order valence-corrected chi connectivity index (χ4v) is 3.84. The fourth-order valence-electron chi connectivity index (χ4n) is 3.84. The van der Waals surface area contributed by atoms with Gasteiger partial charge in [0.1, 0.15) is 12.4 Å². The molecule has 158 valence electrons. The van der Waals surface area contributed by atoms with Crippen LogP contribution in [0, 0.1) is 13.8 Å². The standard InChI is InChI=1S/C20H21F3N6O/c1-13-9-17(20(21,22)23)26-28(13)12-18(30)27-8-5-16(11-27)29-14(2)10-25-19(29)15-3-6-24-7-4-15/h3-4,6-7,9-10,16H,5,8,11-12H2,1-2H3/t16-/m0/s1. The smallest absolute Gasteiger partial charge is 0.339 e. The molecular weight excluding hydrogens is 397 g/mol. The highest BCUT2D eigenvalue weighted by Gasteiger charge is 2.35. The number of halogens is 3. The van der Waals surface area contributed by atoms with Gasteiger partial charge in [-0.15, -0.1) is 0 Å². The van der Waals surface area contributed by atoms with Gasteiger partial charge in [-0.25, -0.2) is 4.98 Å². The van der Waals surface area contributed by atoms with Crippen molar-refractivity contribution in [3.05, 3.63) is 53.9 Å². The predicted octanol–water partition coefficient (Wildman–Crippen LogP) is 3.25. The van der Waals surface area contributed by atoms with E-state index < -0.39 is 11.9 Å². The molecule has 3 aromatic rings. The number of nitrogens with zero attached hydrogens (tertiary/aromatic N) is 6. The van der Waals surface area contributed by atoms with Crippen LogP contribution in [0.5, 0.6) is 0 Å². The first-order valence-electron chi connectivity index (χ1n) is 9.57. The van der Waals surface area contributed by atoms with Crippen LogP contribution in [-0.2, 0) is 17.5 Å². The Morgan fingerprint density at radius 1 is 1.20 bits per heavy atom. The van der Waals surface area contributed by atoms with E-state index >= 15 is 0 Å². The molecule has 7 nitrogen and oxygen atoms in total. The molecule has 0 aliphatic carbocycles. The summed E-state index contributed by atoms with van der Waals surface area (Å²) in [6.45, 7) is 4.27. The Labute approximate surface area is 171 Å². The van der Waals surface area contributed by atoms with Crippen molar-refractivity contribution in [3.63, 3.8) is 0 Å². The number of carbonyl (C=O) groups excluding carboxylic acids is 1. The topological polar surface area (TPSA) is 68.8 Å². The number of amides is 1. The van der Waals surface area contributed by atoms with Crippen LogP contribution in [0.4, 0.5) is 13.2 Å². The molecule has 10 heteroatoms. The van der Waals surface area contributed by atoms with Crippen molar-refractivity contribution in [2.75, 3.05) is 13.1 Å². The van der Waals surface area contributed by atoms with Gasteiger partial charge in [-0.1, -0.05) is 0 Å². The van der Waals surface area contributed by atoms with E-state index in [9.17, 15) is 18.0 Å². The molecule has 30 heavy (non-hydrogen) atoms. The maximum absolute atomic E-state index is 12.9. The van der Waals surface area contributed by atoms with Crippen LogP contribution in [0.1, 0.15) is 29.5 Å². The highest BCUT2D eigenvalue weighted by Crippen LogP contribution is 2.30. The lowest BCUT2D eigenvalue weighted by molar-refractivity contribution is -0.142. The lowest BCUT2D eigenvalue weighted by atomic mass is 10.2. The van der Waals surface area contributed by atoms with E-state index in [-0.39, 0.29) is 18.5 Å². The first-order chi connectivity index (χ1) is 14.2. The van der Waals surface area contributed by atoms with Gasteiger partial charge < -0.3 is 9.47 Å². The Morgan fingerprint density at radius 3 is 2.60 bits per heavy atom. The minimum absolute atomic E-state index is 0.0454. The van der Waals surface area contributed by atoms with Crippen LogP contribution in [0.15, 0.2) is 36.8 Å². The number of aryl methyl sites for hydroxylation is 2. The number of hydrogen-bond acceptors (Lipinski definition) is 4. The first-order valence-corrected chi connectivity index (χ1v) is 9.57. The second kappa shape index (κ2) is 7.58. The largest absolute Gasteiger partial charge is 0.435 e. The Balaban J connectivity index is 1.49. The Kier molecular flexibility index (Phi) is 5.08. The van der Waals surface area contributed by atoms with E-state index in [2.05, 4.69) is 19.6 Å². The van der Waals surface area contributed by atoms with Crippen molar-refractivity contribution < 1.29 is 18.0 Å². The highest BCUT2D eigenvalue weighted by molar-refractivity contribution is 5.76. The van der Waals surface area contributed by atoms with Crippen LogP contribution >= 0.6 is 0 Å². The Morgan fingerprint density at radius 2 is 1.93 bits per heavy atom. The molecule has 1 fully saturated rings. The summed E-state index contributed by atoms with van der Waals surface area (Å²) in [7, 11) is 0. The summed E-state index contributed by atoms with van der Waals surface area (Å²) in [4.78, 5) is 23.0. The number of hydrogen-bond donors (Lipinski definition) is 0. The van der Waals surface area contributed by atoms with Gasteiger partial charge in [-0.05, 0) is 38.5 Å². The average molecular weight is 418 g/mol. The van der Waals surface area contributed by atoms with E-state index in [1.54, 1.807) is 23.5 Å². The maximum atomic E-state index is 12.9. The third kappa shape index (κ3) is 3.81. The normalized spacial score (nSPS) is 17.0. The van der Waals surface area contributed by atoms with Crippen LogP contribution in [0.25, 0.3) is 11.4 Å². The van der Waals surface area contributed by atoms with E-state index in [1.165, 1.54) is 6.92 Å². The molecule has 1 aliphatic rings. The molecule has 3 aromatic heterocycles. The Hall–Kier alpha value is -3.17. The first kappa shape index (κ1) is 20.1. The number of alkyl halides is 3. The number of rotatable bonds is 4. The molecule has 1 aliphatic heterocycles. The molecular formula is C20H21F3N6O. The second-order valence-corrected chi connectivity index (χ2v) is 7.44.